The highest BCUT2D eigenvalue weighted by molar-refractivity contribution is 7.89. The third-order valence-electron chi connectivity index (χ3n) is 13.7. The number of para-hydroxylation sites is 2. The van der Waals surface area contributed by atoms with Crippen molar-refractivity contribution in [2.75, 3.05) is 46.0 Å². The van der Waals surface area contributed by atoms with Crippen LogP contribution in [0.1, 0.15) is 98.6 Å². The lowest BCUT2D eigenvalue weighted by Gasteiger charge is -2.26. The van der Waals surface area contributed by atoms with Crippen LogP contribution in [0.15, 0.2) is 164 Å². The first-order valence-electron chi connectivity index (χ1n) is 24.4. The highest BCUT2D eigenvalue weighted by atomic mass is 32.2. The maximum Gasteiger partial charge on any atom is 0.280 e. The Labute approximate surface area is 419 Å². The Bertz CT molecular complexity index is 2940. The molecule has 372 valence electrons. The van der Waals surface area contributed by atoms with E-state index >= 15 is 0 Å². The normalized spacial score (nSPS) is 19.7. The van der Waals surface area contributed by atoms with Crippen molar-refractivity contribution < 1.29 is 26.4 Å². The third kappa shape index (κ3) is 9.95. The second-order valence-corrected chi connectivity index (χ2v) is 22.8. The standard InChI is InChI=1S/C55H64N8O6S2/c1-9-36-60-48-20-14-12-18-46(48)54(5,6)50(60)32-30-44-38(3)58-62(52(44)64)40-22-26-42(27-23-40)70(66,67)56-34-16-11-17-35-57-71(68,69)43-28-24-41(25-29-43)63-53(65)45(39(4)59-63)31-33-51-55(7,8)47-19-13-15-21-49(47)61(51)37-10-2/h12-15,18-33,56-57H,9-11,16-17,34-37H2,1-8H3/b44-30+,45-31+,50-32+,51-33+. The molecule has 2 N–H and O–H groups in total. The number of hydrogen-bond acceptors (Lipinski definition) is 10. The highest BCUT2D eigenvalue weighted by Crippen LogP contribution is 2.49. The molecular formula is C55H64N8O6S2. The smallest absolute Gasteiger partial charge is 0.280 e. The van der Waals surface area contributed by atoms with Gasteiger partial charge in [-0.1, -0.05) is 84.4 Å². The molecule has 0 aromatic heterocycles. The molecule has 0 unspecified atom stereocenters. The number of nitrogens with zero attached hydrogens (tertiary/aromatic N) is 6. The third-order valence-corrected chi connectivity index (χ3v) is 16.6. The second kappa shape index (κ2) is 20.3. The van der Waals surface area contributed by atoms with Crippen molar-refractivity contribution in [1.29, 1.82) is 0 Å². The SMILES string of the molecule is CCCN1/C(=C/C=C2/C(=O)N(c3ccc(S(=O)(=O)NCCCCCNS(=O)(=O)c4ccc(N5N=C(C)/C(=C\C=C6\N(CCC)c7ccccc7C6(C)C)C5=O)cc4)cc3)N=C2C)C(C)(C)c2ccccc21. The molecule has 0 aliphatic carbocycles. The second-order valence-electron chi connectivity index (χ2n) is 19.3. The van der Waals surface area contributed by atoms with Crippen LogP contribution in [-0.4, -0.2) is 66.3 Å². The van der Waals surface area contributed by atoms with E-state index in [0.717, 1.165) is 37.3 Å². The summed E-state index contributed by atoms with van der Waals surface area (Å²) in [6.45, 7) is 18.7. The lowest BCUT2D eigenvalue weighted by Crippen LogP contribution is -2.27. The van der Waals surface area contributed by atoms with Gasteiger partial charge in [-0.05, 0) is 136 Å². The van der Waals surface area contributed by atoms with Crippen molar-refractivity contribution >= 4 is 66.0 Å². The molecule has 8 rings (SSSR count). The zero-order chi connectivity index (χ0) is 50.9. The van der Waals surface area contributed by atoms with E-state index in [1.54, 1.807) is 38.1 Å². The molecule has 14 nitrogen and oxygen atoms in total. The van der Waals surface area contributed by atoms with Crippen molar-refractivity contribution in [3.05, 3.63) is 155 Å². The molecule has 0 saturated heterocycles. The Morgan fingerprint density at radius 2 is 0.887 bits per heavy atom. The van der Waals surface area contributed by atoms with Crippen molar-refractivity contribution in [3.8, 4) is 0 Å². The van der Waals surface area contributed by atoms with Crippen LogP contribution in [0, 0.1) is 0 Å². The Morgan fingerprint density at radius 1 is 0.521 bits per heavy atom. The van der Waals surface area contributed by atoms with Gasteiger partial charge in [-0.2, -0.15) is 20.2 Å². The number of carbonyl (C=O) groups excluding carboxylic acids is 2. The van der Waals surface area contributed by atoms with Crippen LogP contribution in [0.25, 0.3) is 0 Å². The monoisotopic (exact) mass is 996 g/mol. The molecule has 4 aromatic rings. The minimum absolute atomic E-state index is 0.0476. The van der Waals surface area contributed by atoms with Crippen LogP contribution >= 0.6 is 0 Å². The van der Waals surface area contributed by atoms with Crippen LogP contribution in [0.5, 0.6) is 0 Å². The molecular weight excluding hydrogens is 933 g/mol. The molecule has 4 aliphatic heterocycles. The molecule has 0 atom stereocenters. The summed E-state index contributed by atoms with van der Waals surface area (Å²) in [4.78, 5) is 32.1. The van der Waals surface area contributed by atoms with Gasteiger partial charge >= 0.3 is 0 Å². The average molecular weight is 997 g/mol. The van der Waals surface area contributed by atoms with Gasteiger partial charge in [-0.25, -0.2) is 26.3 Å². The number of sulfonamides is 2. The van der Waals surface area contributed by atoms with Gasteiger partial charge in [0.05, 0.1) is 43.7 Å². The van der Waals surface area contributed by atoms with E-state index in [9.17, 15) is 26.4 Å². The largest absolute Gasteiger partial charge is 0.344 e. The molecule has 0 spiro atoms. The number of hydrazone groups is 2. The summed E-state index contributed by atoms with van der Waals surface area (Å²) in [6.07, 6.45) is 11.2. The first-order chi connectivity index (χ1) is 33.8. The van der Waals surface area contributed by atoms with Gasteiger partial charge in [-0.3, -0.25) is 9.59 Å². The summed E-state index contributed by atoms with van der Waals surface area (Å²) < 4.78 is 58.0. The number of hydrogen-bond donors (Lipinski definition) is 2. The van der Waals surface area contributed by atoms with E-state index < -0.39 is 20.0 Å². The summed E-state index contributed by atoms with van der Waals surface area (Å²) in [6, 6.07) is 28.8. The average Bonchev–Trinajstić information content (AvgIpc) is 3.95. The highest BCUT2D eigenvalue weighted by Gasteiger charge is 2.41. The van der Waals surface area contributed by atoms with E-state index in [0.29, 0.717) is 53.2 Å². The molecule has 71 heavy (non-hydrogen) atoms. The number of carbonyl (C=O) groups is 2. The van der Waals surface area contributed by atoms with Gasteiger partial charge in [-0.15, -0.1) is 0 Å². The van der Waals surface area contributed by atoms with E-state index in [2.05, 4.69) is 107 Å². The van der Waals surface area contributed by atoms with Crippen molar-refractivity contribution in [1.82, 2.24) is 9.44 Å². The molecule has 4 heterocycles. The van der Waals surface area contributed by atoms with Gasteiger partial charge in [0.25, 0.3) is 11.8 Å². The molecule has 2 amide bonds. The topological polar surface area (TPSA) is 164 Å². The predicted molar refractivity (Wildman–Crippen MR) is 285 cm³/mol. The number of rotatable bonds is 18. The van der Waals surface area contributed by atoms with Crippen LogP contribution in [0.3, 0.4) is 0 Å². The first kappa shape index (κ1) is 50.9. The zero-order valence-corrected chi connectivity index (χ0v) is 43.5. The lowest BCUT2D eigenvalue weighted by molar-refractivity contribution is -0.115. The summed E-state index contributed by atoms with van der Waals surface area (Å²) in [7, 11) is -7.72. The number of benzene rings is 4. The Morgan fingerprint density at radius 3 is 1.25 bits per heavy atom. The Kier molecular flexibility index (Phi) is 14.6. The van der Waals surface area contributed by atoms with Crippen LogP contribution in [-0.2, 0) is 40.5 Å². The van der Waals surface area contributed by atoms with Crippen LogP contribution < -0.4 is 29.3 Å². The molecule has 0 bridgehead atoms. The first-order valence-corrected chi connectivity index (χ1v) is 27.4. The quantitative estimate of drug-likeness (QED) is 0.0735. The van der Waals surface area contributed by atoms with Gasteiger partial charge in [0, 0.05) is 59.8 Å². The Balaban J connectivity index is 0.797. The number of fused-ring (bicyclic) bond motifs is 2. The summed E-state index contributed by atoms with van der Waals surface area (Å²) in [5.74, 6) is -0.593. The van der Waals surface area contributed by atoms with Gasteiger partial charge in [0.2, 0.25) is 20.0 Å². The molecule has 4 aliphatic rings. The maximum atomic E-state index is 13.7. The molecule has 0 saturated carbocycles. The van der Waals surface area contributed by atoms with Crippen molar-refractivity contribution in [3.63, 3.8) is 0 Å². The number of unbranched alkanes of at least 4 members (excludes halogenated alkanes) is 2. The maximum absolute atomic E-state index is 13.7. The number of nitrogens with one attached hydrogen (secondary N) is 2. The van der Waals surface area contributed by atoms with E-state index in [1.807, 2.05) is 36.4 Å². The van der Waals surface area contributed by atoms with Gasteiger partial charge in [0.15, 0.2) is 0 Å². The summed E-state index contributed by atoms with van der Waals surface area (Å²) in [5.41, 5.74) is 9.49. The van der Waals surface area contributed by atoms with Crippen LogP contribution in [0.2, 0.25) is 0 Å². The fourth-order valence-corrected chi connectivity index (χ4v) is 12.0. The zero-order valence-electron chi connectivity index (χ0n) is 41.9. The summed E-state index contributed by atoms with van der Waals surface area (Å²) >= 11 is 0. The number of amides is 2. The summed E-state index contributed by atoms with van der Waals surface area (Å²) in [5, 5.41) is 11.6. The van der Waals surface area contributed by atoms with E-state index in [4.69, 9.17) is 0 Å². The predicted octanol–water partition coefficient (Wildman–Crippen LogP) is 9.59. The Hall–Kier alpha value is -6.46. The number of anilines is 4. The van der Waals surface area contributed by atoms with Gasteiger partial charge < -0.3 is 9.80 Å². The van der Waals surface area contributed by atoms with Crippen molar-refractivity contribution in [2.24, 2.45) is 10.2 Å². The van der Waals surface area contributed by atoms with E-state index in [-0.39, 0.29) is 45.5 Å². The number of allylic oxidation sites excluding steroid dienone is 6. The van der Waals surface area contributed by atoms with Crippen LogP contribution in [0.4, 0.5) is 22.7 Å². The molecule has 4 aromatic carbocycles. The minimum Gasteiger partial charge on any atom is -0.344 e. The molecule has 16 heteroatoms. The molecule has 0 radical (unpaired) electrons. The lowest BCUT2D eigenvalue weighted by atomic mass is 9.83. The molecule has 0 fully saturated rings. The van der Waals surface area contributed by atoms with Crippen molar-refractivity contribution in [2.45, 2.75) is 108 Å². The fraction of sp³-hybridized carbons (Fsp3) is 0.345. The van der Waals surface area contributed by atoms with E-state index in [1.165, 1.54) is 56.8 Å². The fourth-order valence-electron chi connectivity index (χ4n) is 9.85. The van der Waals surface area contributed by atoms with Gasteiger partial charge in [0.1, 0.15) is 0 Å². The minimum atomic E-state index is -3.86.